The van der Waals surface area contributed by atoms with Crippen molar-refractivity contribution in [2.75, 3.05) is 17.8 Å². The number of halogens is 1. The summed E-state index contributed by atoms with van der Waals surface area (Å²) < 4.78 is 0. The van der Waals surface area contributed by atoms with E-state index in [9.17, 15) is 4.79 Å². The quantitative estimate of drug-likeness (QED) is 0.742. The Labute approximate surface area is 102 Å². The second-order valence-electron chi connectivity index (χ2n) is 4.72. The molecule has 0 aliphatic carbocycles. The lowest BCUT2D eigenvalue weighted by Gasteiger charge is -2.27. The molecule has 0 atom stereocenters. The van der Waals surface area contributed by atoms with Gasteiger partial charge in [0, 0.05) is 18.6 Å². The molecule has 3 heteroatoms. The van der Waals surface area contributed by atoms with Crippen LogP contribution in [-0.2, 0) is 4.79 Å². The van der Waals surface area contributed by atoms with Gasteiger partial charge in [-0.25, -0.2) is 0 Å². The standard InChI is InChI=1S/C13H18ClNO/c1-10-5-7-11(8-6-10)15(4)12(16)13(2,3)9-14/h5-8H,9H2,1-4H3. The summed E-state index contributed by atoms with van der Waals surface area (Å²) in [6, 6.07) is 7.87. The molecule has 1 aromatic rings. The number of hydrogen-bond acceptors (Lipinski definition) is 1. The molecule has 1 amide bonds. The van der Waals surface area contributed by atoms with E-state index in [1.54, 1.807) is 11.9 Å². The molecular weight excluding hydrogens is 222 g/mol. The van der Waals surface area contributed by atoms with Gasteiger partial charge in [0.2, 0.25) is 5.91 Å². The molecule has 0 aliphatic rings. The van der Waals surface area contributed by atoms with Gasteiger partial charge in [0.05, 0.1) is 5.41 Å². The maximum atomic E-state index is 12.1. The third-order valence-corrected chi connectivity index (χ3v) is 3.31. The van der Waals surface area contributed by atoms with E-state index < -0.39 is 5.41 Å². The first kappa shape index (κ1) is 13.0. The minimum Gasteiger partial charge on any atom is -0.315 e. The summed E-state index contributed by atoms with van der Waals surface area (Å²) in [5.41, 5.74) is 1.55. The Bertz CT molecular complexity index is 370. The van der Waals surface area contributed by atoms with Crippen LogP contribution < -0.4 is 4.90 Å². The van der Waals surface area contributed by atoms with Crippen LogP contribution in [0.1, 0.15) is 19.4 Å². The number of rotatable bonds is 3. The van der Waals surface area contributed by atoms with E-state index in [0.29, 0.717) is 5.88 Å². The summed E-state index contributed by atoms with van der Waals surface area (Å²) in [6.45, 7) is 5.73. The molecule has 0 saturated carbocycles. The zero-order chi connectivity index (χ0) is 12.3. The van der Waals surface area contributed by atoms with E-state index in [4.69, 9.17) is 11.6 Å². The number of amides is 1. The Balaban J connectivity index is 2.90. The number of benzene rings is 1. The van der Waals surface area contributed by atoms with Crippen molar-refractivity contribution in [3.05, 3.63) is 29.8 Å². The summed E-state index contributed by atoms with van der Waals surface area (Å²) >= 11 is 5.80. The number of aryl methyl sites for hydroxylation is 1. The van der Waals surface area contributed by atoms with Crippen molar-refractivity contribution in [1.82, 2.24) is 0 Å². The molecule has 88 valence electrons. The van der Waals surface area contributed by atoms with Crippen molar-refractivity contribution in [3.8, 4) is 0 Å². The number of alkyl halides is 1. The fraction of sp³-hybridized carbons (Fsp3) is 0.462. The van der Waals surface area contributed by atoms with Crippen molar-refractivity contribution in [3.63, 3.8) is 0 Å². The highest BCUT2D eigenvalue weighted by atomic mass is 35.5. The molecule has 0 aromatic heterocycles. The zero-order valence-electron chi connectivity index (χ0n) is 10.2. The Kier molecular flexibility index (Phi) is 3.98. The highest BCUT2D eigenvalue weighted by Gasteiger charge is 2.30. The Morgan fingerprint density at radius 1 is 1.31 bits per heavy atom. The first-order valence-corrected chi connectivity index (χ1v) is 5.83. The molecule has 0 N–H and O–H groups in total. The maximum absolute atomic E-state index is 12.1. The van der Waals surface area contributed by atoms with Crippen LogP contribution in [0.3, 0.4) is 0 Å². The van der Waals surface area contributed by atoms with Crippen LogP contribution in [0.15, 0.2) is 24.3 Å². The summed E-state index contributed by atoms with van der Waals surface area (Å²) in [7, 11) is 1.78. The van der Waals surface area contributed by atoms with Crippen LogP contribution >= 0.6 is 11.6 Å². The molecular formula is C13H18ClNO. The van der Waals surface area contributed by atoms with Gasteiger partial charge in [-0.3, -0.25) is 4.79 Å². The van der Waals surface area contributed by atoms with Crippen molar-refractivity contribution in [2.24, 2.45) is 5.41 Å². The first-order valence-electron chi connectivity index (χ1n) is 5.29. The topological polar surface area (TPSA) is 20.3 Å². The molecule has 0 aliphatic heterocycles. The summed E-state index contributed by atoms with van der Waals surface area (Å²) in [5, 5.41) is 0. The number of hydrogen-bond donors (Lipinski definition) is 0. The normalized spacial score (nSPS) is 11.3. The van der Waals surface area contributed by atoms with Crippen molar-refractivity contribution in [2.45, 2.75) is 20.8 Å². The molecule has 0 spiro atoms. The minimum absolute atomic E-state index is 0.0337. The van der Waals surface area contributed by atoms with Gasteiger partial charge in [-0.1, -0.05) is 17.7 Å². The van der Waals surface area contributed by atoms with Crippen LogP contribution in [0.4, 0.5) is 5.69 Å². The van der Waals surface area contributed by atoms with E-state index in [1.807, 2.05) is 45.0 Å². The first-order chi connectivity index (χ1) is 7.38. The van der Waals surface area contributed by atoms with E-state index >= 15 is 0 Å². The average molecular weight is 240 g/mol. The van der Waals surface area contributed by atoms with Crippen molar-refractivity contribution in [1.29, 1.82) is 0 Å². The lowest BCUT2D eigenvalue weighted by molar-refractivity contribution is -0.125. The molecule has 2 nitrogen and oxygen atoms in total. The summed E-state index contributed by atoms with van der Waals surface area (Å²) in [5.74, 6) is 0.355. The second kappa shape index (κ2) is 4.88. The molecule has 0 radical (unpaired) electrons. The highest BCUT2D eigenvalue weighted by molar-refractivity contribution is 6.20. The molecule has 0 bridgehead atoms. The maximum Gasteiger partial charge on any atom is 0.233 e. The molecule has 1 rings (SSSR count). The Hall–Kier alpha value is -1.02. The fourth-order valence-electron chi connectivity index (χ4n) is 1.40. The average Bonchev–Trinajstić information content (AvgIpc) is 2.28. The van der Waals surface area contributed by atoms with Crippen LogP contribution in [0, 0.1) is 12.3 Å². The van der Waals surface area contributed by atoms with Gasteiger partial charge in [-0.2, -0.15) is 0 Å². The van der Waals surface area contributed by atoms with Gasteiger partial charge in [-0.15, -0.1) is 11.6 Å². The lowest BCUT2D eigenvalue weighted by Crippen LogP contribution is -2.39. The van der Waals surface area contributed by atoms with Crippen LogP contribution in [-0.4, -0.2) is 18.8 Å². The van der Waals surface area contributed by atoms with Gasteiger partial charge in [0.1, 0.15) is 0 Å². The van der Waals surface area contributed by atoms with Crippen LogP contribution in [0.2, 0.25) is 0 Å². The largest absolute Gasteiger partial charge is 0.315 e. The molecule has 0 saturated heterocycles. The molecule has 1 aromatic carbocycles. The Morgan fingerprint density at radius 3 is 2.25 bits per heavy atom. The molecule has 0 heterocycles. The predicted molar refractivity (Wildman–Crippen MR) is 69.1 cm³/mol. The van der Waals surface area contributed by atoms with E-state index in [1.165, 1.54) is 5.56 Å². The number of nitrogens with zero attached hydrogens (tertiary/aromatic N) is 1. The number of carbonyl (C=O) groups is 1. The predicted octanol–water partition coefficient (Wildman–Crippen LogP) is 3.22. The third-order valence-electron chi connectivity index (χ3n) is 2.64. The monoisotopic (exact) mass is 239 g/mol. The van der Waals surface area contributed by atoms with E-state index in [-0.39, 0.29) is 5.91 Å². The van der Waals surface area contributed by atoms with Crippen LogP contribution in [0.25, 0.3) is 0 Å². The van der Waals surface area contributed by atoms with Gasteiger partial charge in [0.25, 0.3) is 0 Å². The van der Waals surface area contributed by atoms with Crippen LogP contribution in [0.5, 0.6) is 0 Å². The second-order valence-corrected chi connectivity index (χ2v) is 4.98. The van der Waals surface area contributed by atoms with Crippen molar-refractivity contribution < 1.29 is 4.79 Å². The molecule has 0 unspecified atom stereocenters. The Morgan fingerprint density at radius 2 is 1.81 bits per heavy atom. The summed E-state index contributed by atoms with van der Waals surface area (Å²) in [4.78, 5) is 13.8. The van der Waals surface area contributed by atoms with E-state index in [2.05, 4.69) is 0 Å². The SMILES string of the molecule is Cc1ccc(N(C)C(=O)C(C)(C)CCl)cc1. The zero-order valence-corrected chi connectivity index (χ0v) is 11.0. The fourth-order valence-corrected chi connectivity index (χ4v) is 1.51. The van der Waals surface area contributed by atoms with E-state index in [0.717, 1.165) is 5.69 Å². The van der Waals surface area contributed by atoms with Crippen molar-refractivity contribution >= 4 is 23.2 Å². The third kappa shape index (κ3) is 2.76. The van der Waals surface area contributed by atoms with Gasteiger partial charge >= 0.3 is 0 Å². The van der Waals surface area contributed by atoms with Gasteiger partial charge in [0.15, 0.2) is 0 Å². The summed E-state index contributed by atoms with van der Waals surface area (Å²) in [6.07, 6.45) is 0. The smallest absolute Gasteiger partial charge is 0.233 e. The van der Waals surface area contributed by atoms with Gasteiger partial charge < -0.3 is 4.90 Å². The number of anilines is 1. The van der Waals surface area contributed by atoms with Gasteiger partial charge in [-0.05, 0) is 32.9 Å². The number of carbonyl (C=O) groups excluding carboxylic acids is 1. The highest BCUT2D eigenvalue weighted by Crippen LogP contribution is 2.24. The molecule has 16 heavy (non-hydrogen) atoms. The lowest BCUT2D eigenvalue weighted by atomic mass is 9.94. The minimum atomic E-state index is -0.527. The molecule has 0 fully saturated rings.